The molecule has 0 fully saturated rings. The number of sulfonamides is 1. The van der Waals surface area contributed by atoms with Gasteiger partial charge in [0.2, 0.25) is 0 Å². The minimum atomic E-state index is -3.98. The number of hydrogen-bond acceptors (Lipinski definition) is 5. The molecule has 0 spiro atoms. The molecule has 1 unspecified atom stereocenters. The smallest absolute Gasteiger partial charge is 0.265 e. The molecule has 5 rings (SSSR count). The number of halogens is 1. The number of nitrogens with one attached hydrogen (secondary N) is 2. The first kappa shape index (κ1) is 22.2. The van der Waals surface area contributed by atoms with Gasteiger partial charge in [-0.2, -0.15) is 0 Å². The van der Waals surface area contributed by atoms with Crippen molar-refractivity contribution in [3.63, 3.8) is 0 Å². The Bertz CT molecular complexity index is 1440. The predicted octanol–water partition coefficient (Wildman–Crippen LogP) is 4.06. The van der Waals surface area contributed by atoms with E-state index in [1.165, 1.54) is 22.5 Å². The molecule has 8 nitrogen and oxygen atoms in total. The van der Waals surface area contributed by atoms with E-state index >= 15 is 0 Å². The zero-order chi connectivity index (χ0) is 24.0. The number of benzene rings is 3. The van der Waals surface area contributed by atoms with E-state index in [0.717, 1.165) is 5.56 Å². The molecule has 3 aromatic carbocycles. The van der Waals surface area contributed by atoms with Crippen LogP contribution in [0.25, 0.3) is 0 Å². The number of amides is 2. The van der Waals surface area contributed by atoms with Gasteiger partial charge in [0, 0.05) is 17.8 Å². The van der Waals surface area contributed by atoms with Crippen molar-refractivity contribution in [2.75, 3.05) is 21.5 Å². The highest BCUT2D eigenvalue weighted by Crippen LogP contribution is 2.36. The van der Waals surface area contributed by atoms with Gasteiger partial charge < -0.3 is 15.4 Å². The molecule has 174 valence electrons. The monoisotopic (exact) mass is 497 g/mol. The van der Waals surface area contributed by atoms with Crippen molar-refractivity contribution < 1.29 is 22.7 Å². The molecular formula is C24H20ClN3O5S. The van der Waals surface area contributed by atoms with Crippen LogP contribution in [0, 0.1) is 0 Å². The molecular weight excluding hydrogens is 478 g/mol. The Morgan fingerprint density at radius 1 is 1.15 bits per heavy atom. The summed E-state index contributed by atoms with van der Waals surface area (Å²) in [6.45, 7) is 1.94. The zero-order valence-corrected chi connectivity index (χ0v) is 19.6. The first-order valence-corrected chi connectivity index (χ1v) is 12.4. The van der Waals surface area contributed by atoms with E-state index < -0.39 is 22.0 Å². The molecule has 10 heteroatoms. The van der Waals surface area contributed by atoms with Crippen LogP contribution in [0.2, 0.25) is 5.02 Å². The summed E-state index contributed by atoms with van der Waals surface area (Å²) in [6, 6.07) is 16.3. The summed E-state index contributed by atoms with van der Waals surface area (Å²) in [5.74, 6) is -0.311. The third-order valence-corrected chi connectivity index (χ3v) is 8.07. The topological polar surface area (TPSA) is 105 Å². The number of nitrogens with zero attached hydrogens (tertiary/aromatic N) is 1. The zero-order valence-electron chi connectivity index (χ0n) is 18.0. The fraction of sp³-hybridized carbons (Fsp3) is 0.167. The number of hydrogen-bond donors (Lipinski definition) is 2. The van der Waals surface area contributed by atoms with Crippen LogP contribution in [0.3, 0.4) is 0 Å². The van der Waals surface area contributed by atoms with Gasteiger partial charge in [-0.25, -0.2) is 8.42 Å². The third-order valence-electron chi connectivity index (χ3n) is 5.77. The summed E-state index contributed by atoms with van der Waals surface area (Å²) in [4.78, 5) is 24.7. The quantitative estimate of drug-likeness (QED) is 0.565. The molecule has 2 aliphatic rings. The van der Waals surface area contributed by atoms with Crippen LogP contribution in [-0.4, -0.2) is 32.9 Å². The van der Waals surface area contributed by atoms with Crippen LogP contribution in [0.5, 0.6) is 5.75 Å². The molecule has 3 aromatic rings. The second-order valence-electron chi connectivity index (χ2n) is 8.02. The molecule has 34 heavy (non-hydrogen) atoms. The summed E-state index contributed by atoms with van der Waals surface area (Å²) in [6.07, 6.45) is -0.00478. The molecule has 0 aliphatic carbocycles. The Labute approximate surface area is 201 Å². The van der Waals surface area contributed by atoms with Gasteiger partial charge >= 0.3 is 0 Å². The Morgan fingerprint density at radius 2 is 1.94 bits per heavy atom. The van der Waals surface area contributed by atoms with Gasteiger partial charge in [-0.1, -0.05) is 29.8 Å². The van der Waals surface area contributed by atoms with Gasteiger partial charge in [-0.3, -0.25) is 13.9 Å². The average molecular weight is 498 g/mol. The minimum absolute atomic E-state index is 0.0312. The minimum Gasteiger partial charge on any atom is -0.479 e. The van der Waals surface area contributed by atoms with E-state index in [4.69, 9.17) is 16.3 Å². The number of ether oxygens (including phenoxy) is 1. The van der Waals surface area contributed by atoms with Gasteiger partial charge in [0.25, 0.3) is 21.8 Å². The van der Waals surface area contributed by atoms with Crippen LogP contribution in [0.4, 0.5) is 17.1 Å². The Morgan fingerprint density at radius 3 is 2.76 bits per heavy atom. The van der Waals surface area contributed by atoms with Gasteiger partial charge in [-0.15, -0.1) is 0 Å². The highest BCUT2D eigenvalue weighted by molar-refractivity contribution is 7.93. The van der Waals surface area contributed by atoms with Crippen molar-refractivity contribution in [2.45, 2.75) is 24.3 Å². The molecule has 0 aromatic heterocycles. The highest BCUT2D eigenvalue weighted by Gasteiger charge is 2.32. The fourth-order valence-corrected chi connectivity index (χ4v) is 6.01. The summed E-state index contributed by atoms with van der Waals surface area (Å²) < 4.78 is 33.7. The molecule has 2 amide bonds. The van der Waals surface area contributed by atoms with Crippen molar-refractivity contribution in [2.24, 2.45) is 0 Å². The third kappa shape index (κ3) is 3.86. The Hall–Kier alpha value is -3.56. The number of carbonyl (C=O) groups excluding carboxylic acids is 2. The SMILES string of the molecule is CC1Oc2ccc(NC(=O)c3ccc(Cl)c(S(=O)(=O)N4CCc5ccccc54)c3)cc2NC1=O. The van der Waals surface area contributed by atoms with Gasteiger partial charge in [0.1, 0.15) is 10.6 Å². The van der Waals surface area contributed by atoms with Crippen LogP contribution in [-0.2, 0) is 21.2 Å². The predicted molar refractivity (Wildman–Crippen MR) is 129 cm³/mol. The summed E-state index contributed by atoms with van der Waals surface area (Å²) in [7, 11) is -3.98. The van der Waals surface area contributed by atoms with Crippen molar-refractivity contribution >= 4 is 50.5 Å². The van der Waals surface area contributed by atoms with Crippen molar-refractivity contribution in [3.8, 4) is 5.75 Å². The average Bonchev–Trinajstić information content (AvgIpc) is 3.25. The lowest BCUT2D eigenvalue weighted by Crippen LogP contribution is -2.34. The fourth-order valence-electron chi connectivity index (χ4n) is 4.01. The van der Waals surface area contributed by atoms with Crippen molar-refractivity contribution in [1.29, 1.82) is 0 Å². The molecule has 1 atom stereocenters. The molecule has 2 aliphatic heterocycles. The van der Waals surface area contributed by atoms with E-state index in [2.05, 4.69) is 10.6 Å². The van der Waals surface area contributed by atoms with E-state index in [1.54, 1.807) is 37.3 Å². The standard InChI is InChI=1S/C24H20ClN3O5S/c1-14-23(29)27-19-13-17(7-9-21(19)33-14)26-24(30)16-6-8-18(25)22(12-16)34(31,32)28-11-10-15-4-2-3-5-20(15)28/h2-9,12-14H,10-11H2,1H3,(H,26,30)(H,27,29). The number of carbonyl (C=O) groups is 2. The molecule has 0 saturated carbocycles. The van der Waals surface area contributed by atoms with Crippen LogP contribution in [0.15, 0.2) is 65.6 Å². The normalized spacial score (nSPS) is 16.8. The molecule has 2 heterocycles. The molecule has 0 saturated heterocycles. The maximum absolute atomic E-state index is 13.4. The lowest BCUT2D eigenvalue weighted by atomic mass is 10.2. The Kier molecular flexibility index (Phi) is 5.45. The van der Waals surface area contributed by atoms with Gasteiger partial charge in [0.05, 0.1) is 16.4 Å². The van der Waals surface area contributed by atoms with Gasteiger partial charge in [0.15, 0.2) is 6.10 Å². The van der Waals surface area contributed by atoms with Crippen molar-refractivity contribution in [1.82, 2.24) is 0 Å². The summed E-state index contributed by atoms with van der Waals surface area (Å²) in [5.41, 5.74) is 2.53. The summed E-state index contributed by atoms with van der Waals surface area (Å²) >= 11 is 6.26. The van der Waals surface area contributed by atoms with Crippen LogP contribution in [0.1, 0.15) is 22.8 Å². The summed E-state index contributed by atoms with van der Waals surface area (Å²) in [5, 5.41) is 5.47. The van der Waals surface area contributed by atoms with Crippen molar-refractivity contribution in [3.05, 3.63) is 76.8 Å². The number of anilines is 3. The maximum atomic E-state index is 13.4. The second kappa shape index (κ2) is 8.34. The van der Waals surface area contributed by atoms with E-state index in [9.17, 15) is 18.0 Å². The molecule has 0 bridgehead atoms. The Balaban J connectivity index is 1.42. The first-order valence-electron chi connectivity index (χ1n) is 10.6. The number of fused-ring (bicyclic) bond motifs is 2. The molecule has 2 N–H and O–H groups in total. The van der Waals surface area contributed by atoms with E-state index in [-0.39, 0.29) is 21.4 Å². The number of rotatable bonds is 4. The first-order chi connectivity index (χ1) is 16.2. The van der Waals surface area contributed by atoms with E-state index in [1.807, 2.05) is 12.1 Å². The maximum Gasteiger partial charge on any atom is 0.265 e. The molecule has 0 radical (unpaired) electrons. The van der Waals surface area contributed by atoms with E-state index in [0.29, 0.717) is 35.8 Å². The lowest BCUT2D eigenvalue weighted by Gasteiger charge is -2.23. The van der Waals surface area contributed by atoms with Crippen LogP contribution < -0.4 is 19.7 Å². The van der Waals surface area contributed by atoms with Crippen LogP contribution >= 0.6 is 11.6 Å². The lowest BCUT2D eigenvalue weighted by molar-refractivity contribution is -0.122. The number of para-hydroxylation sites is 1. The highest BCUT2D eigenvalue weighted by atomic mass is 35.5. The largest absolute Gasteiger partial charge is 0.479 e. The second-order valence-corrected chi connectivity index (χ2v) is 10.3. The van der Waals surface area contributed by atoms with Gasteiger partial charge in [-0.05, 0) is 61.4 Å².